The molecule has 2 atom stereocenters. The standard InChI is InChI=1S/C21H31N3O4/c1-21(2,3)28-20(26)24-11-8-14(9-12-24)18(22)19(25)23-16-10-13-27-17-7-5-4-6-15(16)17/h4-7,14,16,18H,8-13,22H2,1-3H3,(H,23,25)/t16-,18+/m1/s1. The van der Waals surface area contributed by atoms with Gasteiger partial charge >= 0.3 is 6.09 Å². The number of hydrogen-bond donors (Lipinski definition) is 2. The van der Waals surface area contributed by atoms with Gasteiger partial charge in [-0.1, -0.05) is 18.2 Å². The van der Waals surface area contributed by atoms with Crippen LogP contribution in [-0.4, -0.2) is 48.2 Å². The normalized spacial score (nSPS) is 21.3. The molecule has 3 rings (SSSR count). The number of piperidine rings is 1. The van der Waals surface area contributed by atoms with Crippen LogP contribution in [0.3, 0.4) is 0 Å². The van der Waals surface area contributed by atoms with Gasteiger partial charge in [-0.25, -0.2) is 4.79 Å². The highest BCUT2D eigenvalue weighted by molar-refractivity contribution is 5.82. The Morgan fingerprint density at radius 1 is 1.21 bits per heavy atom. The quantitative estimate of drug-likeness (QED) is 0.829. The van der Waals surface area contributed by atoms with Crippen molar-refractivity contribution in [2.45, 2.75) is 57.7 Å². The summed E-state index contributed by atoms with van der Waals surface area (Å²) >= 11 is 0. The maximum Gasteiger partial charge on any atom is 0.410 e. The van der Waals surface area contributed by atoms with Gasteiger partial charge < -0.3 is 25.4 Å². The van der Waals surface area contributed by atoms with Crippen molar-refractivity contribution in [3.05, 3.63) is 29.8 Å². The second kappa shape index (κ2) is 8.39. The third-order valence-electron chi connectivity index (χ3n) is 5.28. The molecule has 0 radical (unpaired) electrons. The molecule has 2 aliphatic rings. The number of fused-ring (bicyclic) bond motifs is 1. The van der Waals surface area contributed by atoms with Gasteiger partial charge in [0.25, 0.3) is 0 Å². The van der Waals surface area contributed by atoms with Crippen LogP contribution in [0, 0.1) is 5.92 Å². The van der Waals surface area contributed by atoms with Crippen molar-refractivity contribution >= 4 is 12.0 Å². The molecule has 3 N–H and O–H groups in total. The van der Waals surface area contributed by atoms with E-state index in [1.54, 1.807) is 4.90 Å². The Labute approximate surface area is 166 Å². The summed E-state index contributed by atoms with van der Waals surface area (Å²) in [5.74, 6) is 0.726. The molecule has 2 heterocycles. The number of benzene rings is 1. The lowest BCUT2D eigenvalue weighted by molar-refractivity contribution is -0.124. The van der Waals surface area contributed by atoms with Crippen LogP contribution in [-0.2, 0) is 9.53 Å². The van der Waals surface area contributed by atoms with E-state index >= 15 is 0 Å². The van der Waals surface area contributed by atoms with Crippen molar-refractivity contribution in [3.8, 4) is 5.75 Å². The predicted octanol–water partition coefficient (Wildman–Crippen LogP) is 2.60. The van der Waals surface area contributed by atoms with Crippen LogP contribution in [0.25, 0.3) is 0 Å². The minimum absolute atomic E-state index is 0.0498. The molecule has 0 spiro atoms. The zero-order valence-corrected chi connectivity index (χ0v) is 16.9. The molecule has 1 fully saturated rings. The first kappa shape index (κ1) is 20.5. The summed E-state index contributed by atoms with van der Waals surface area (Å²) < 4.78 is 11.1. The number of hydrogen-bond acceptors (Lipinski definition) is 5. The summed E-state index contributed by atoms with van der Waals surface area (Å²) in [6, 6.07) is 7.09. The van der Waals surface area contributed by atoms with Gasteiger partial charge in [-0.3, -0.25) is 4.79 Å². The first-order valence-corrected chi connectivity index (χ1v) is 10.0. The van der Waals surface area contributed by atoms with Gasteiger partial charge in [-0.2, -0.15) is 0 Å². The number of nitrogens with one attached hydrogen (secondary N) is 1. The van der Waals surface area contributed by atoms with Gasteiger partial charge in [-0.05, 0) is 45.6 Å². The number of carbonyl (C=O) groups excluding carboxylic acids is 2. The molecular formula is C21H31N3O4. The fourth-order valence-corrected chi connectivity index (χ4v) is 3.74. The van der Waals surface area contributed by atoms with E-state index in [2.05, 4.69) is 5.32 Å². The van der Waals surface area contributed by atoms with Crippen LogP contribution < -0.4 is 15.8 Å². The van der Waals surface area contributed by atoms with Crippen LogP contribution in [0.2, 0.25) is 0 Å². The van der Waals surface area contributed by atoms with Gasteiger partial charge in [0.15, 0.2) is 0 Å². The lowest BCUT2D eigenvalue weighted by atomic mass is 9.89. The van der Waals surface area contributed by atoms with Crippen molar-refractivity contribution < 1.29 is 19.1 Å². The van der Waals surface area contributed by atoms with E-state index in [0.717, 1.165) is 17.7 Å². The fourth-order valence-electron chi connectivity index (χ4n) is 3.74. The highest BCUT2D eigenvalue weighted by atomic mass is 16.6. The fraction of sp³-hybridized carbons (Fsp3) is 0.619. The molecule has 154 valence electrons. The zero-order chi connectivity index (χ0) is 20.3. The van der Waals surface area contributed by atoms with E-state index in [4.69, 9.17) is 15.2 Å². The van der Waals surface area contributed by atoms with E-state index < -0.39 is 11.6 Å². The summed E-state index contributed by atoms with van der Waals surface area (Å²) in [5.41, 5.74) is 6.76. The first-order valence-electron chi connectivity index (χ1n) is 10.0. The number of rotatable bonds is 3. The largest absolute Gasteiger partial charge is 0.493 e. The highest BCUT2D eigenvalue weighted by Crippen LogP contribution is 2.32. The Morgan fingerprint density at radius 2 is 1.89 bits per heavy atom. The Balaban J connectivity index is 1.52. The minimum Gasteiger partial charge on any atom is -0.493 e. The van der Waals surface area contributed by atoms with Crippen molar-refractivity contribution in [1.82, 2.24) is 10.2 Å². The Kier molecular flexibility index (Phi) is 6.13. The molecular weight excluding hydrogens is 358 g/mol. The predicted molar refractivity (Wildman–Crippen MR) is 106 cm³/mol. The highest BCUT2D eigenvalue weighted by Gasteiger charge is 2.33. The Morgan fingerprint density at radius 3 is 2.57 bits per heavy atom. The van der Waals surface area contributed by atoms with Crippen molar-refractivity contribution in [2.75, 3.05) is 19.7 Å². The summed E-state index contributed by atoms with van der Waals surface area (Å²) in [5, 5.41) is 3.09. The topological polar surface area (TPSA) is 93.9 Å². The van der Waals surface area contributed by atoms with Crippen LogP contribution in [0.15, 0.2) is 24.3 Å². The van der Waals surface area contributed by atoms with Crippen LogP contribution in [0.4, 0.5) is 4.79 Å². The Bertz CT molecular complexity index is 708. The molecule has 0 saturated carbocycles. The van der Waals surface area contributed by atoms with E-state index in [1.165, 1.54) is 0 Å². The maximum atomic E-state index is 12.7. The number of carbonyl (C=O) groups is 2. The molecule has 1 aromatic carbocycles. The molecule has 0 aliphatic carbocycles. The van der Waals surface area contributed by atoms with Crippen molar-refractivity contribution in [1.29, 1.82) is 0 Å². The lowest BCUT2D eigenvalue weighted by Gasteiger charge is -2.35. The molecule has 28 heavy (non-hydrogen) atoms. The van der Waals surface area contributed by atoms with Crippen molar-refractivity contribution in [3.63, 3.8) is 0 Å². The Hall–Kier alpha value is -2.28. The third kappa shape index (κ3) is 4.95. The van der Waals surface area contributed by atoms with E-state index in [1.807, 2.05) is 45.0 Å². The third-order valence-corrected chi connectivity index (χ3v) is 5.28. The smallest absolute Gasteiger partial charge is 0.410 e. The summed E-state index contributed by atoms with van der Waals surface area (Å²) in [7, 11) is 0. The number of nitrogens with two attached hydrogens (primary N) is 1. The van der Waals surface area contributed by atoms with Crippen LogP contribution in [0.1, 0.15) is 51.6 Å². The van der Waals surface area contributed by atoms with Gasteiger partial charge in [0.1, 0.15) is 11.4 Å². The van der Waals surface area contributed by atoms with Crippen LogP contribution >= 0.6 is 0 Å². The minimum atomic E-state index is -0.587. The molecule has 0 unspecified atom stereocenters. The first-order chi connectivity index (χ1) is 13.2. The molecule has 0 aromatic heterocycles. The van der Waals surface area contributed by atoms with Crippen LogP contribution in [0.5, 0.6) is 5.75 Å². The number of ether oxygens (including phenoxy) is 2. The molecule has 0 bridgehead atoms. The second-order valence-electron chi connectivity index (χ2n) is 8.57. The molecule has 7 nitrogen and oxygen atoms in total. The second-order valence-corrected chi connectivity index (χ2v) is 8.57. The molecule has 2 amide bonds. The number of para-hydroxylation sites is 1. The van der Waals surface area contributed by atoms with E-state index in [0.29, 0.717) is 32.5 Å². The summed E-state index contributed by atoms with van der Waals surface area (Å²) in [4.78, 5) is 26.6. The van der Waals surface area contributed by atoms with Gasteiger partial charge in [0.2, 0.25) is 5.91 Å². The van der Waals surface area contributed by atoms with Gasteiger partial charge in [0.05, 0.1) is 18.7 Å². The average molecular weight is 389 g/mol. The van der Waals surface area contributed by atoms with Gasteiger partial charge in [-0.15, -0.1) is 0 Å². The molecule has 1 aromatic rings. The molecule has 7 heteroatoms. The monoisotopic (exact) mass is 389 g/mol. The molecule has 1 saturated heterocycles. The zero-order valence-electron chi connectivity index (χ0n) is 16.9. The average Bonchev–Trinajstić information content (AvgIpc) is 2.66. The molecule has 2 aliphatic heterocycles. The van der Waals surface area contributed by atoms with Gasteiger partial charge in [0, 0.05) is 25.1 Å². The summed E-state index contributed by atoms with van der Waals surface area (Å²) in [6.07, 6.45) is 1.81. The maximum absolute atomic E-state index is 12.7. The number of amides is 2. The van der Waals surface area contributed by atoms with E-state index in [-0.39, 0.29) is 24.0 Å². The SMILES string of the molecule is CC(C)(C)OC(=O)N1CCC([C@H](N)C(=O)N[C@@H]2CCOc3ccccc32)CC1. The van der Waals surface area contributed by atoms with E-state index in [9.17, 15) is 9.59 Å². The lowest BCUT2D eigenvalue weighted by Crippen LogP contribution is -2.51. The summed E-state index contributed by atoms with van der Waals surface area (Å²) in [6.45, 7) is 7.25. The number of nitrogens with zero attached hydrogens (tertiary/aromatic N) is 1. The number of likely N-dealkylation sites (tertiary alicyclic amines) is 1. The van der Waals surface area contributed by atoms with Crippen molar-refractivity contribution in [2.24, 2.45) is 11.7 Å².